The zero-order chi connectivity index (χ0) is 13.6. The maximum Gasteiger partial charge on any atom is 0.546 e. The fraction of sp³-hybridized carbons (Fsp3) is 0.833. The molecule has 17 heavy (non-hydrogen) atoms. The third-order valence-electron chi connectivity index (χ3n) is 2.72. The predicted octanol–water partition coefficient (Wildman–Crippen LogP) is 0.0530. The van der Waals surface area contributed by atoms with Crippen molar-refractivity contribution in [2.45, 2.75) is 52.2 Å². The molecule has 0 unspecified atom stereocenters. The molecule has 1 amide bonds. The number of nitrogens with zero attached hydrogens (tertiary/aromatic N) is 1. The van der Waals surface area contributed by atoms with Crippen molar-refractivity contribution >= 4 is 12.0 Å². The van der Waals surface area contributed by atoms with E-state index in [4.69, 9.17) is 4.74 Å². The Morgan fingerprint density at radius 2 is 1.82 bits per heavy atom. The number of hydrogen-bond donors (Lipinski definition) is 2. The van der Waals surface area contributed by atoms with Gasteiger partial charge in [0.25, 0.3) is 5.91 Å². The minimum atomic E-state index is -0.803. The van der Waals surface area contributed by atoms with Gasteiger partial charge in [-0.15, -0.1) is 0 Å². The summed E-state index contributed by atoms with van der Waals surface area (Å²) in [5.41, 5.74) is -0.803. The molecule has 0 aliphatic heterocycles. The van der Waals surface area contributed by atoms with E-state index in [9.17, 15) is 9.90 Å². The van der Waals surface area contributed by atoms with Gasteiger partial charge in [0.05, 0.1) is 0 Å². The van der Waals surface area contributed by atoms with Crippen molar-refractivity contribution in [3.05, 3.63) is 0 Å². The number of rotatable bonds is 5. The first-order chi connectivity index (χ1) is 7.79. The smallest absolute Gasteiger partial charge is 0.430 e. The highest BCUT2D eigenvalue weighted by Crippen LogP contribution is 2.11. The molecule has 0 saturated carbocycles. The van der Waals surface area contributed by atoms with Gasteiger partial charge in [-0.25, -0.2) is 0 Å². The summed E-state index contributed by atoms with van der Waals surface area (Å²) in [6, 6.07) is 0. The second-order valence-corrected chi connectivity index (χ2v) is 4.59. The highest BCUT2D eigenvalue weighted by molar-refractivity contribution is 5.84. The highest BCUT2D eigenvalue weighted by atomic mass is 16.6. The Kier molecular flexibility index (Phi) is 5.99. The number of likely N-dealkylation sites (N-methyl/N-ethyl adjacent to an activating group) is 1. The van der Waals surface area contributed by atoms with Crippen molar-refractivity contribution in [3.63, 3.8) is 0 Å². The van der Waals surface area contributed by atoms with Crippen LogP contribution in [0, 0.1) is 0 Å². The van der Waals surface area contributed by atoms with E-state index in [1.807, 2.05) is 27.7 Å². The monoisotopic (exact) mass is 245 g/mol. The summed E-state index contributed by atoms with van der Waals surface area (Å²) in [7, 11) is 3.40. The Bertz CT molecular complexity index is 281. The van der Waals surface area contributed by atoms with Gasteiger partial charge in [-0.2, -0.15) is 4.99 Å². The van der Waals surface area contributed by atoms with E-state index in [1.165, 1.54) is 4.90 Å². The normalized spacial score (nSPS) is 12.8. The molecule has 0 rings (SSSR count). The molecule has 0 atom stereocenters. The Balaban J connectivity index is 5.14. The van der Waals surface area contributed by atoms with Gasteiger partial charge < -0.3 is 14.7 Å². The van der Waals surface area contributed by atoms with Gasteiger partial charge in [0.2, 0.25) is 5.54 Å². The second kappa shape index (κ2) is 6.47. The Hall–Kier alpha value is -1.26. The zero-order valence-electron chi connectivity index (χ0n) is 11.7. The molecule has 0 saturated heterocycles. The van der Waals surface area contributed by atoms with Crippen molar-refractivity contribution in [1.82, 2.24) is 4.90 Å². The van der Waals surface area contributed by atoms with Crippen LogP contribution in [0.5, 0.6) is 0 Å². The Morgan fingerprint density at radius 1 is 1.35 bits per heavy atom. The molecule has 0 spiro atoms. The van der Waals surface area contributed by atoms with Crippen molar-refractivity contribution < 1.29 is 19.6 Å². The number of carbonyl (C=O) groups excluding carboxylic acids is 1. The molecule has 0 heterocycles. The average Bonchev–Trinajstić information content (AvgIpc) is 2.23. The first kappa shape index (κ1) is 15.7. The van der Waals surface area contributed by atoms with Gasteiger partial charge in [0, 0.05) is 26.9 Å². The van der Waals surface area contributed by atoms with Crippen LogP contribution in [0.4, 0.5) is 0 Å². The van der Waals surface area contributed by atoms with Gasteiger partial charge >= 0.3 is 6.08 Å². The van der Waals surface area contributed by atoms with E-state index < -0.39 is 5.54 Å². The van der Waals surface area contributed by atoms with E-state index in [2.05, 4.69) is 4.99 Å². The molecule has 0 aromatic rings. The summed E-state index contributed by atoms with van der Waals surface area (Å²) in [6.07, 6.45) is 0.722. The molecular weight excluding hydrogens is 220 g/mol. The summed E-state index contributed by atoms with van der Waals surface area (Å²) in [6.45, 7) is 7.43. The fourth-order valence-corrected chi connectivity index (χ4v) is 1.67. The number of hydrogen-bond acceptors (Lipinski definition) is 2. The third kappa shape index (κ3) is 4.24. The lowest BCUT2D eigenvalue weighted by Gasteiger charge is -2.24. The van der Waals surface area contributed by atoms with Gasteiger partial charge in [-0.05, 0) is 13.8 Å². The quantitative estimate of drug-likeness (QED) is 0.531. The van der Waals surface area contributed by atoms with E-state index in [-0.39, 0.29) is 18.1 Å². The van der Waals surface area contributed by atoms with E-state index in [0.717, 1.165) is 0 Å². The molecule has 0 aromatic carbocycles. The van der Waals surface area contributed by atoms with Crippen LogP contribution in [-0.2, 0) is 9.53 Å². The Labute approximate surface area is 103 Å². The minimum Gasteiger partial charge on any atom is -0.430 e. The maximum atomic E-state index is 12.1. The van der Waals surface area contributed by atoms with E-state index >= 15 is 0 Å². The predicted molar refractivity (Wildman–Crippen MR) is 66.8 cm³/mol. The van der Waals surface area contributed by atoms with Crippen LogP contribution in [0.3, 0.4) is 0 Å². The Morgan fingerprint density at radius 3 is 2.12 bits per heavy atom. The molecule has 0 aliphatic rings. The third-order valence-corrected chi connectivity index (χ3v) is 2.72. The van der Waals surface area contributed by atoms with Crippen LogP contribution in [0.15, 0.2) is 0 Å². The molecule has 5 nitrogen and oxygen atoms in total. The van der Waals surface area contributed by atoms with Gasteiger partial charge in [0.15, 0.2) is 0 Å². The summed E-state index contributed by atoms with van der Waals surface area (Å²) in [4.78, 5) is 16.4. The number of aliphatic hydroxyl groups is 1. The van der Waals surface area contributed by atoms with Crippen LogP contribution >= 0.6 is 0 Å². The minimum absolute atomic E-state index is 0.0681. The lowest BCUT2D eigenvalue weighted by atomic mass is 9.92. The molecule has 5 heteroatoms. The van der Waals surface area contributed by atoms with Crippen molar-refractivity contribution in [2.24, 2.45) is 0 Å². The molecule has 0 bridgehead atoms. The first-order valence-electron chi connectivity index (χ1n) is 6.01. The average molecular weight is 245 g/mol. The standard InChI is InChI=1S/C12H24N2O3/c1-7-12(8-2,10(15)14(5)6)13-11(16)17-9(3)4/h9H,7-8H2,1-6H3,(H,13,16)/p+1. The topological polar surface area (TPSA) is 63.7 Å². The highest BCUT2D eigenvalue weighted by Gasteiger charge is 2.43. The van der Waals surface area contributed by atoms with Crippen LogP contribution in [0.1, 0.15) is 40.5 Å². The molecule has 2 N–H and O–H groups in total. The largest absolute Gasteiger partial charge is 0.546 e. The maximum absolute atomic E-state index is 12.1. The lowest BCUT2D eigenvalue weighted by molar-refractivity contribution is -0.555. The van der Waals surface area contributed by atoms with Crippen LogP contribution in [0.2, 0.25) is 0 Å². The molecule has 0 radical (unpaired) electrons. The number of nitrogens with one attached hydrogen (secondary N) is 1. The van der Waals surface area contributed by atoms with Gasteiger partial charge in [-0.3, -0.25) is 4.79 Å². The lowest BCUT2D eigenvalue weighted by Crippen LogP contribution is -2.91. The number of carbonyl (C=O) groups is 1. The van der Waals surface area contributed by atoms with Crippen LogP contribution in [-0.4, -0.2) is 47.7 Å². The van der Waals surface area contributed by atoms with E-state index in [1.54, 1.807) is 14.1 Å². The molecule has 0 aromatic heterocycles. The fourth-order valence-electron chi connectivity index (χ4n) is 1.67. The summed E-state index contributed by atoms with van der Waals surface area (Å²) in [5.74, 6) is -0.0681. The first-order valence-corrected chi connectivity index (χ1v) is 6.01. The van der Waals surface area contributed by atoms with Crippen molar-refractivity contribution in [2.75, 3.05) is 14.1 Å². The van der Waals surface area contributed by atoms with Crippen molar-refractivity contribution in [1.29, 1.82) is 0 Å². The molecule has 100 valence electrons. The van der Waals surface area contributed by atoms with E-state index in [0.29, 0.717) is 12.8 Å². The van der Waals surface area contributed by atoms with Gasteiger partial charge in [0.1, 0.15) is 6.10 Å². The molecule has 0 fully saturated rings. The van der Waals surface area contributed by atoms with Crippen molar-refractivity contribution in [3.8, 4) is 0 Å². The second-order valence-electron chi connectivity index (χ2n) is 4.59. The zero-order valence-corrected chi connectivity index (χ0v) is 11.7. The summed E-state index contributed by atoms with van der Waals surface area (Å²) < 4.78 is 5.13. The van der Waals surface area contributed by atoms with Crippen LogP contribution in [0.25, 0.3) is 0 Å². The summed E-state index contributed by atoms with van der Waals surface area (Å²) >= 11 is 0. The molecular formula is C12H25N2O3+. The number of aliphatic hydroxyl groups excluding tert-OH is 1. The van der Waals surface area contributed by atoms with Crippen LogP contribution < -0.4 is 4.99 Å². The number of ether oxygens (including phenoxy) is 1. The summed E-state index contributed by atoms with van der Waals surface area (Å²) in [5, 5.41) is 9.66. The number of amides is 1. The SMILES string of the molecule is CCC(CC)([NH+]=C(O)OC(C)C)C(=O)N(C)C. The van der Waals surface area contributed by atoms with Gasteiger partial charge in [-0.1, -0.05) is 13.8 Å². The molecule has 0 aliphatic carbocycles.